The second-order valence-electron chi connectivity index (χ2n) is 8.37. The molecule has 0 spiro atoms. The fraction of sp³-hybridized carbons (Fsp3) is 0.619. The Balaban J connectivity index is 1.76. The van der Waals surface area contributed by atoms with Crippen LogP contribution in [0.4, 0.5) is 0 Å². The van der Waals surface area contributed by atoms with E-state index in [1.54, 1.807) is 0 Å². The van der Waals surface area contributed by atoms with Crippen LogP contribution in [0.25, 0.3) is 0 Å². The Labute approximate surface area is 158 Å². The fourth-order valence-corrected chi connectivity index (χ4v) is 6.50. The van der Waals surface area contributed by atoms with Gasteiger partial charge in [-0.15, -0.1) is 0 Å². The minimum atomic E-state index is -0.120. The summed E-state index contributed by atoms with van der Waals surface area (Å²) in [5, 5.41) is 20.5. The highest BCUT2D eigenvalue weighted by Gasteiger charge is 2.56. The lowest BCUT2D eigenvalue weighted by molar-refractivity contribution is -0.0377. The molecule has 0 bridgehead atoms. The average Bonchev–Trinajstić information content (AvgIpc) is 2.87. The molecule has 6 atom stereocenters. The van der Waals surface area contributed by atoms with E-state index in [9.17, 15) is 10.2 Å². The molecule has 0 aromatic heterocycles. The van der Waals surface area contributed by atoms with Gasteiger partial charge in [0, 0.05) is 0 Å². The number of aliphatic hydroxyl groups excluding tert-OH is 1. The Morgan fingerprint density at radius 1 is 1.29 bits per heavy atom. The molecule has 1 aromatic rings. The monoisotopic (exact) mass is 438 g/mol. The van der Waals surface area contributed by atoms with Crippen LogP contribution in [0.5, 0.6) is 5.75 Å². The van der Waals surface area contributed by atoms with Gasteiger partial charge in [-0.3, -0.25) is 0 Å². The summed E-state index contributed by atoms with van der Waals surface area (Å²) in [6.07, 6.45) is 8.82. The number of aliphatic hydroxyl groups is 1. The van der Waals surface area contributed by atoms with Gasteiger partial charge in [-0.1, -0.05) is 41.7 Å². The van der Waals surface area contributed by atoms with Crippen molar-refractivity contribution in [1.82, 2.24) is 0 Å². The molecule has 130 valence electrons. The molecular weight excluding hydrogens is 411 g/mol. The van der Waals surface area contributed by atoms with Crippen LogP contribution in [0.2, 0.25) is 0 Å². The van der Waals surface area contributed by atoms with E-state index in [2.05, 4.69) is 45.7 Å². The predicted octanol–water partition coefficient (Wildman–Crippen LogP) is 5.17. The largest absolute Gasteiger partial charge is 0.508 e. The molecule has 4 rings (SSSR count). The summed E-state index contributed by atoms with van der Waals surface area (Å²) in [6, 6.07) is 6.02. The van der Waals surface area contributed by atoms with Gasteiger partial charge in [0.15, 0.2) is 0 Å². The van der Waals surface area contributed by atoms with E-state index in [4.69, 9.17) is 0 Å². The van der Waals surface area contributed by atoms with Gasteiger partial charge in [-0.25, -0.2) is 0 Å². The summed E-state index contributed by atoms with van der Waals surface area (Å²) < 4.78 is 2.14. The van der Waals surface area contributed by atoms with Crippen LogP contribution in [0.15, 0.2) is 28.4 Å². The number of fused-ring (bicyclic) bond motifs is 5. The zero-order valence-corrected chi connectivity index (χ0v) is 16.4. The van der Waals surface area contributed by atoms with Crippen molar-refractivity contribution in [3.8, 4) is 5.75 Å². The van der Waals surface area contributed by atoms with Crippen molar-refractivity contribution < 1.29 is 10.2 Å². The summed E-state index contributed by atoms with van der Waals surface area (Å²) in [7, 11) is 0. The van der Waals surface area contributed by atoms with Crippen LogP contribution in [0.1, 0.15) is 56.1 Å². The third-order valence-electron chi connectivity index (χ3n) is 7.36. The third-order valence-corrected chi connectivity index (χ3v) is 7.87. The Morgan fingerprint density at radius 2 is 2.12 bits per heavy atom. The molecule has 2 nitrogen and oxygen atoms in total. The number of benzene rings is 1. The molecule has 0 radical (unpaired) electrons. The summed E-state index contributed by atoms with van der Waals surface area (Å²) in [5.74, 6) is 2.94. The smallest absolute Gasteiger partial charge is 0.115 e. The molecule has 3 aliphatic rings. The first kappa shape index (κ1) is 16.9. The van der Waals surface area contributed by atoms with Gasteiger partial charge in [0.25, 0.3) is 0 Å². The van der Waals surface area contributed by atoms with Gasteiger partial charge in [0.05, 0.1) is 6.10 Å². The number of allylic oxidation sites excluding steroid dienone is 1. The van der Waals surface area contributed by atoms with Crippen LogP contribution in [0, 0.1) is 23.2 Å². The molecule has 0 amide bonds. The molecule has 3 aliphatic carbocycles. The van der Waals surface area contributed by atoms with Crippen LogP contribution < -0.4 is 0 Å². The van der Waals surface area contributed by atoms with Gasteiger partial charge >= 0.3 is 0 Å². The Bertz CT molecular complexity index is 655. The molecule has 2 saturated carbocycles. The van der Waals surface area contributed by atoms with Crippen LogP contribution in [-0.2, 0) is 6.42 Å². The first-order valence-electron chi connectivity index (χ1n) is 9.29. The number of phenolic OH excluding ortho intramolecular Hbond substituents is 1. The van der Waals surface area contributed by atoms with E-state index in [0.29, 0.717) is 29.4 Å². The van der Waals surface area contributed by atoms with Crippen molar-refractivity contribution in [1.29, 1.82) is 0 Å². The van der Waals surface area contributed by atoms with Gasteiger partial charge in [-0.05, 0) is 95.0 Å². The highest BCUT2D eigenvalue weighted by Crippen LogP contribution is 2.62. The van der Waals surface area contributed by atoms with Crippen LogP contribution in [0.3, 0.4) is 0 Å². The second-order valence-corrected chi connectivity index (χ2v) is 9.09. The number of halogens is 1. The lowest BCUT2D eigenvalue weighted by Gasteiger charge is -2.53. The minimum Gasteiger partial charge on any atom is -0.508 e. The van der Waals surface area contributed by atoms with Gasteiger partial charge in [0.2, 0.25) is 0 Å². The van der Waals surface area contributed by atoms with E-state index in [0.717, 1.165) is 25.7 Å². The maximum Gasteiger partial charge on any atom is 0.115 e. The van der Waals surface area contributed by atoms with Crippen molar-refractivity contribution in [3.63, 3.8) is 0 Å². The van der Waals surface area contributed by atoms with Crippen molar-refractivity contribution in [2.24, 2.45) is 23.2 Å². The number of rotatable bonds is 2. The summed E-state index contributed by atoms with van der Waals surface area (Å²) in [6.45, 7) is 2.34. The van der Waals surface area contributed by atoms with Crippen molar-refractivity contribution >= 4 is 22.6 Å². The van der Waals surface area contributed by atoms with Gasteiger partial charge in [0.1, 0.15) is 5.75 Å². The second kappa shape index (κ2) is 6.31. The predicted molar refractivity (Wildman–Crippen MR) is 105 cm³/mol. The van der Waals surface area contributed by atoms with Crippen molar-refractivity contribution in [3.05, 3.63) is 39.5 Å². The maximum atomic E-state index is 10.6. The summed E-state index contributed by atoms with van der Waals surface area (Å²) >= 11 is 2.31. The molecule has 3 heteroatoms. The standard InChI is InChI=1S/C21H27IO2/c1-21-9-8-17-16-5-4-15(23)12-14(16)11-13(3-2-10-22)20(17)18(21)6-7-19(21)24/h2,4-5,10,12-13,17-20,23-24H,3,6-9,11H2,1H3/b10-2-/t13-,17-,18+,19+,20-,21+/m1/s1. The average molecular weight is 438 g/mol. The first-order valence-corrected chi connectivity index (χ1v) is 10.5. The van der Waals surface area contributed by atoms with Crippen LogP contribution in [-0.4, -0.2) is 16.3 Å². The lowest BCUT2D eigenvalue weighted by Crippen LogP contribution is -2.47. The van der Waals surface area contributed by atoms with E-state index >= 15 is 0 Å². The normalized spacial score (nSPS) is 41.0. The molecule has 2 fully saturated rings. The number of hydrogen-bond acceptors (Lipinski definition) is 2. The van der Waals surface area contributed by atoms with E-state index < -0.39 is 0 Å². The van der Waals surface area contributed by atoms with Crippen molar-refractivity contribution in [2.75, 3.05) is 0 Å². The quantitative estimate of drug-likeness (QED) is 0.626. The van der Waals surface area contributed by atoms with Crippen molar-refractivity contribution in [2.45, 2.75) is 57.5 Å². The Kier molecular flexibility index (Phi) is 4.44. The topological polar surface area (TPSA) is 40.5 Å². The van der Waals surface area contributed by atoms with E-state index in [-0.39, 0.29) is 11.5 Å². The highest BCUT2D eigenvalue weighted by atomic mass is 127. The summed E-state index contributed by atoms with van der Waals surface area (Å²) in [4.78, 5) is 0. The molecular formula is C21H27IO2. The zero-order valence-electron chi connectivity index (χ0n) is 14.3. The molecule has 0 aliphatic heterocycles. The van der Waals surface area contributed by atoms with Gasteiger partial charge in [-0.2, -0.15) is 0 Å². The lowest BCUT2D eigenvalue weighted by atomic mass is 9.52. The first-order chi connectivity index (χ1) is 11.5. The molecule has 24 heavy (non-hydrogen) atoms. The number of phenols is 1. The molecule has 2 N–H and O–H groups in total. The molecule has 0 saturated heterocycles. The molecule has 0 unspecified atom stereocenters. The van der Waals surface area contributed by atoms with Crippen LogP contribution >= 0.6 is 22.6 Å². The Hall–Kier alpha value is -0.550. The fourth-order valence-electron chi connectivity index (χ4n) is 6.20. The minimum absolute atomic E-state index is 0.113. The van der Waals surface area contributed by atoms with E-state index in [1.807, 2.05) is 12.1 Å². The zero-order chi connectivity index (χ0) is 16.9. The number of aromatic hydroxyl groups is 1. The number of hydrogen-bond donors (Lipinski definition) is 2. The van der Waals surface area contributed by atoms with Gasteiger partial charge < -0.3 is 10.2 Å². The SMILES string of the molecule is C[C@]12CC[C@@H]3c4ccc(O)cc4C[C@@H](C/C=C\I)[C@H]3[C@@H]1CC[C@@H]2O. The highest BCUT2D eigenvalue weighted by molar-refractivity contribution is 14.1. The molecule has 0 heterocycles. The maximum absolute atomic E-state index is 10.6. The Morgan fingerprint density at radius 3 is 2.92 bits per heavy atom. The third kappa shape index (κ3) is 2.54. The van der Waals surface area contributed by atoms with E-state index in [1.165, 1.54) is 24.0 Å². The summed E-state index contributed by atoms with van der Waals surface area (Å²) in [5.41, 5.74) is 2.93. The molecule has 1 aromatic carbocycles.